The highest BCUT2D eigenvalue weighted by Crippen LogP contribution is 2.36. The van der Waals surface area contributed by atoms with Gasteiger partial charge in [0.25, 0.3) is 0 Å². The van der Waals surface area contributed by atoms with E-state index >= 15 is 0 Å². The zero-order valence-corrected chi connectivity index (χ0v) is 34.4. The molecule has 3 aromatic carbocycles. The average molecular weight is 791 g/mol. The number of likely N-dealkylation sites (N-methyl/N-ethyl adjacent to an activating group) is 1. The van der Waals surface area contributed by atoms with Gasteiger partial charge in [0.15, 0.2) is 0 Å². The fraction of sp³-hybridized carbons (Fsp3) is 0.455. The standard InChI is InChI=1S/C44H54N8O6/c1-25(2)38(45-24-37(53)57-6)42(54)51-20-8-10-35(51)40-46-31-18-16-29(22-33(31)48-40)27-12-14-28(15-13-27)30-17-19-32-34(23-30)49-41(47-32)36-11-9-21-52(36)43(55)39(26(3)4)50(5)44(56)58-7/h12-19,22-23,25-26,35-36,38-39,45H,8-11,20-21,24H2,1-7H3,(H,46,48)(H,47,49)/t35-,36-,38-,39-/m0/s1. The molecule has 2 saturated heterocycles. The lowest BCUT2D eigenvalue weighted by atomic mass is 10.00. The number of H-pyrrole nitrogens is 2. The average Bonchev–Trinajstić information content (AvgIpc) is 4.05. The number of rotatable bonds is 12. The van der Waals surface area contributed by atoms with Gasteiger partial charge < -0.3 is 29.2 Å². The summed E-state index contributed by atoms with van der Waals surface area (Å²) in [4.78, 5) is 73.8. The van der Waals surface area contributed by atoms with Crippen molar-refractivity contribution in [3.63, 3.8) is 0 Å². The van der Waals surface area contributed by atoms with Gasteiger partial charge in [-0.2, -0.15) is 0 Å². The van der Waals surface area contributed by atoms with Crippen molar-refractivity contribution in [2.75, 3.05) is 40.9 Å². The molecule has 2 aliphatic rings. The van der Waals surface area contributed by atoms with Crippen LogP contribution in [0.2, 0.25) is 0 Å². The maximum Gasteiger partial charge on any atom is 0.409 e. The molecule has 306 valence electrons. The minimum atomic E-state index is -0.640. The second kappa shape index (κ2) is 17.0. The summed E-state index contributed by atoms with van der Waals surface area (Å²) in [6, 6.07) is 19.2. The van der Waals surface area contributed by atoms with Gasteiger partial charge in [0.05, 0.1) is 61.0 Å². The van der Waals surface area contributed by atoms with E-state index in [0.717, 1.165) is 81.7 Å². The van der Waals surface area contributed by atoms with Crippen LogP contribution in [-0.4, -0.2) is 111 Å². The zero-order valence-electron chi connectivity index (χ0n) is 34.4. The molecule has 0 aliphatic carbocycles. The number of nitrogens with zero attached hydrogens (tertiary/aromatic N) is 5. The van der Waals surface area contributed by atoms with Crippen molar-refractivity contribution in [3.8, 4) is 22.3 Å². The SMILES string of the molecule is COC(=O)CN[C@H](C(=O)N1CCC[C@H]1c1nc2cc(-c3ccc(-c4ccc5[nH]c([C@@H]6CCCN6C(=O)[C@H](C(C)C)N(C)C(=O)OC)nc5c4)cc3)ccc2[nH]1)C(C)C. The molecule has 0 radical (unpaired) electrons. The zero-order chi connectivity index (χ0) is 41.2. The van der Waals surface area contributed by atoms with Gasteiger partial charge in [-0.15, -0.1) is 0 Å². The number of amides is 3. The number of likely N-dealkylation sites (tertiary alicyclic amines) is 2. The summed E-state index contributed by atoms with van der Waals surface area (Å²) in [5.41, 5.74) is 7.62. The van der Waals surface area contributed by atoms with Crippen molar-refractivity contribution in [3.05, 3.63) is 72.3 Å². The molecule has 0 unspecified atom stereocenters. The molecule has 2 aromatic heterocycles. The molecule has 3 amide bonds. The first-order chi connectivity index (χ1) is 27.9. The minimum absolute atomic E-state index is 0.0108. The number of imidazole rings is 2. The number of ether oxygens (including phenoxy) is 2. The van der Waals surface area contributed by atoms with Crippen molar-refractivity contribution >= 4 is 45.9 Å². The van der Waals surface area contributed by atoms with Crippen molar-refractivity contribution in [1.82, 2.24) is 40.0 Å². The molecule has 14 nitrogen and oxygen atoms in total. The quantitative estimate of drug-likeness (QED) is 0.118. The smallest absolute Gasteiger partial charge is 0.409 e. The molecule has 4 atom stereocenters. The first kappa shape index (κ1) is 40.4. The Morgan fingerprint density at radius 3 is 1.66 bits per heavy atom. The van der Waals surface area contributed by atoms with E-state index in [0.29, 0.717) is 13.1 Å². The van der Waals surface area contributed by atoms with E-state index in [-0.39, 0.29) is 42.3 Å². The fourth-order valence-corrected chi connectivity index (χ4v) is 8.59. The summed E-state index contributed by atoms with van der Waals surface area (Å²) in [7, 11) is 4.27. The molecule has 4 heterocycles. The highest BCUT2D eigenvalue weighted by Gasteiger charge is 2.40. The molecule has 0 saturated carbocycles. The summed E-state index contributed by atoms with van der Waals surface area (Å²) in [6.45, 7) is 9.01. The van der Waals surface area contributed by atoms with Gasteiger partial charge in [0.2, 0.25) is 11.8 Å². The van der Waals surface area contributed by atoms with E-state index in [4.69, 9.17) is 19.4 Å². The molecule has 0 bridgehead atoms. The van der Waals surface area contributed by atoms with Crippen molar-refractivity contribution in [2.24, 2.45) is 11.8 Å². The number of hydrogen-bond donors (Lipinski definition) is 3. The lowest BCUT2D eigenvalue weighted by Gasteiger charge is -2.34. The van der Waals surface area contributed by atoms with Crippen LogP contribution in [0.3, 0.4) is 0 Å². The van der Waals surface area contributed by atoms with Gasteiger partial charge in [-0.05, 0) is 84.0 Å². The van der Waals surface area contributed by atoms with Gasteiger partial charge in [0, 0.05) is 20.1 Å². The number of nitrogens with one attached hydrogen (secondary N) is 3. The predicted molar refractivity (Wildman–Crippen MR) is 221 cm³/mol. The van der Waals surface area contributed by atoms with E-state index in [1.807, 2.05) is 49.6 Å². The Labute approximate surface area is 338 Å². The highest BCUT2D eigenvalue weighted by atomic mass is 16.5. The Kier molecular flexibility index (Phi) is 11.8. The largest absolute Gasteiger partial charge is 0.468 e. The van der Waals surface area contributed by atoms with Crippen LogP contribution in [0.4, 0.5) is 4.79 Å². The number of esters is 1. The molecule has 2 fully saturated rings. The Bertz CT molecular complexity index is 2300. The van der Waals surface area contributed by atoms with E-state index in [1.54, 1.807) is 7.05 Å². The van der Waals surface area contributed by atoms with Crippen LogP contribution in [0.15, 0.2) is 60.7 Å². The highest BCUT2D eigenvalue weighted by molar-refractivity contribution is 5.88. The Balaban J connectivity index is 1.06. The number of hydrogen-bond acceptors (Lipinski definition) is 9. The van der Waals surface area contributed by atoms with Crippen LogP contribution in [0.5, 0.6) is 0 Å². The molecule has 7 rings (SSSR count). The van der Waals surface area contributed by atoms with Gasteiger partial charge in [-0.3, -0.25) is 24.6 Å². The van der Waals surface area contributed by atoms with Crippen LogP contribution >= 0.6 is 0 Å². The van der Waals surface area contributed by atoms with E-state index in [1.165, 1.54) is 19.1 Å². The number of aromatic amines is 2. The van der Waals surface area contributed by atoms with Crippen molar-refractivity contribution in [2.45, 2.75) is 77.5 Å². The number of fused-ring (bicyclic) bond motifs is 2. The van der Waals surface area contributed by atoms with Gasteiger partial charge in [-0.25, -0.2) is 14.8 Å². The van der Waals surface area contributed by atoms with Crippen LogP contribution in [-0.2, 0) is 23.9 Å². The summed E-state index contributed by atoms with van der Waals surface area (Å²) in [6.07, 6.45) is 2.78. The van der Waals surface area contributed by atoms with E-state index in [2.05, 4.69) is 63.8 Å². The van der Waals surface area contributed by atoms with Crippen molar-refractivity contribution < 1.29 is 28.7 Å². The van der Waals surface area contributed by atoms with Crippen molar-refractivity contribution in [1.29, 1.82) is 0 Å². The van der Waals surface area contributed by atoms with Crippen LogP contribution in [0.1, 0.15) is 77.1 Å². The van der Waals surface area contributed by atoms with E-state index < -0.39 is 24.1 Å². The molecule has 0 spiro atoms. The van der Waals surface area contributed by atoms with Gasteiger partial charge >= 0.3 is 12.1 Å². The normalized spacial score (nSPS) is 18.0. The van der Waals surface area contributed by atoms with Gasteiger partial charge in [-0.1, -0.05) is 64.1 Å². The molecular formula is C44H54N8O6. The summed E-state index contributed by atoms with van der Waals surface area (Å²) < 4.78 is 9.69. The minimum Gasteiger partial charge on any atom is -0.468 e. The molecule has 58 heavy (non-hydrogen) atoms. The molecule has 2 aliphatic heterocycles. The van der Waals surface area contributed by atoms with E-state index in [9.17, 15) is 19.2 Å². The Hall–Kier alpha value is -5.76. The maximum atomic E-state index is 13.9. The monoisotopic (exact) mass is 790 g/mol. The van der Waals surface area contributed by atoms with Crippen LogP contribution in [0.25, 0.3) is 44.3 Å². The summed E-state index contributed by atoms with van der Waals surface area (Å²) in [5.74, 6) is 0.854. The first-order valence-electron chi connectivity index (χ1n) is 20.2. The number of aromatic nitrogens is 4. The topological polar surface area (TPSA) is 166 Å². The summed E-state index contributed by atoms with van der Waals surface area (Å²) >= 11 is 0. The second-order valence-corrected chi connectivity index (χ2v) is 16.1. The number of carbonyl (C=O) groups excluding carboxylic acids is 4. The Morgan fingerprint density at radius 2 is 1.21 bits per heavy atom. The number of benzene rings is 3. The number of methoxy groups -OCH3 is 2. The lowest BCUT2D eigenvalue weighted by Crippen LogP contribution is -2.51. The summed E-state index contributed by atoms with van der Waals surface area (Å²) in [5, 5.41) is 3.10. The van der Waals surface area contributed by atoms with Crippen LogP contribution < -0.4 is 5.32 Å². The second-order valence-electron chi connectivity index (χ2n) is 16.1. The molecule has 14 heteroatoms. The third-order valence-corrected chi connectivity index (χ3v) is 11.6. The molecular weight excluding hydrogens is 737 g/mol. The maximum absolute atomic E-state index is 13.9. The first-order valence-corrected chi connectivity index (χ1v) is 20.2. The van der Waals surface area contributed by atoms with Gasteiger partial charge in [0.1, 0.15) is 17.7 Å². The Morgan fingerprint density at radius 1 is 0.724 bits per heavy atom. The third kappa shape index (κ3) is 8.02. The molecule has 5 aromatic rings. The van der Waals surface area contributed by atoms with Crippen LogP contribution in [0, 0.1) is 11.8 Å². The predicted octanol–water partition coefficient (Wildman–Crippen LogP) is 6.61. The fourth-order valence-electron chi connectivity index (χ4n) is 8.59. The lowest BCUT2D eigenvalue weighted by molar-refractivity contribution is -0.141. The molecule has 3 N–H and O–H groups in total. The third-order valence-electron chi connectivity index (χ3n) is 11.6. The number of carbonyl (C=O) groups is 4.